The van der Waals surface area contributed by atoms with E-state index in [4.69, 9.17) is 14.2 Å². The molecule has 21 nitrogen and oxygen atoms in total. The number of aliphatic hydroxyl groups excluding tert-OH is 1. The van der Waals surface area contributed by atoms with Crippen LogP contribution in [0.2, 0.25) is 0 Å². The van der Waals surface area contributed by atoms with Gasteiger partial charge in [-0.25, -0.2) is 9.98 Å². The summed E-state index contributed by atoms with van der Waals surface area (Å²) >= 11 is 1.56. The number of carbonyl (C=O) groups is 5. The molecule has 0 spiro atoms. The van der Waals surface area contributed by atoms with Crippen molar-refractivity contribution < 1.29 is 43.3 Å². The fourth-order valence-electron chi connectivity index (χ4n) is 9.81. The lowest BCUT2D eigenvalue weighted by atomic mass is 9.85. The maximum absolute atomic E-state index is 14.0. The van der Waals surface area contributed by atoms with Crippen LogP contribution in [0.15, 0.2) is 81.9 Å². The van der Waals surface area contributed by atoms with Crippen LogP contribution in [-0.4, -0.2) is 166 Å². The van der Waals surface area contributed by atoms with Crippen molar-refractivity contribution in [3.63, 3.8) is 0 Å². The van der Waals surface area contributed by atoms with E-state index < -0.39 is 41.3 Å². The minimum atomic E-state index is -1.00. The summed E-state index contributed by atoms with van der Waals surface area (Å²) in [5.41, 5.74) is 8.68. The molecule has 2 aromatic carbocycles. The van der Waals surface area contributed by atoms with Gasteiger partial charge < -0.3 is 55.0 Å². The van der Waals surface area contributed by atoms with Gasteiger partial charge in [0.25, 0.3) is 11.5 Å². The predicted molar refractivity (Wildman–Crippen MR) is 311 cm³/mol. The number of benzene rings is 2. The quantitative estimate of drug-likeness (QED) is 0.0302. The van der Waals surface area contributed by atoms with Gasteiger partial charge >= 0.3 is 0 Å². The lowest BCUT2D eigenvalue weighted by Crippen LogP contribution is -2.58. The third kappa shape index (κ3) is 16.0. The number of likely N-dealkylation sites (tertiary alicyclic amines) is 1. The Morgan fingerprint density at radius 2 is 1.59 bits per heavy atom. The molecule has 0 bridgehead atoms. The number of thiazole rings is 1. The molecule has 5 aromatic rings. The summed E-state index contributed by atoms with van der Waals surface area (Å²) in [4.78, 5) is 97.7. The number of piperazine rings is 1. The largest absolute Gasteiger partial charge is 0.391 e. The molecule has 7 rings (SSSR count). The number of pyridine rings is 1. The van der Waals surface area contributed by atoms with E-state index in [1.54, 1.807) is 27.9 Å². The molecule has 3 aromatic heterocycles. The average Bonchev–Trinajstić information content (AvgIpc) is 4.30. The second kappa shape index (κ2) is 27.9. The number of rotatable bonds is 24. The molecule has 22 heteroatoms. The van der Waals surface area contributed by atoms with Gasteiger partial charge in [0.05, 0.1) is 65.9 Å². The molecule has 0 unspecified atom stereocenters. The number of nitrogens with one attached hydrogen (secondary N) is 4. The first-order valence-corrected chi connectivity index (χ1v) is 28.2. The summed E-state index contributed by atoms with van der Waals surface area (Å²) in [6.07, 6.45) is 4.68. The number of ether oxygens (including phenoxy) is 3. The minimum absolute atomic E-state index is 0.0390. The minimum Gasteiger partial charge on any atom is -0.391 e. The Bertz CT molecular complexity index is 3180. The highest BCUT2D eigenvalue weighted by atomic mass is 32.1. The topological polar surface area (TPSA) is 255 Å². The zero-order chi connectivity index (χ0) is 58.5. The highest BCUT2D eigenvalue weighted by Gasteiger charge is 2.44. The number of carbonyl (C=O) groups excluding carboxylic acids is 5. The van der Waals surface area contributed by atoms with E-state index in [0.29, 0.717) is 48.5 Å². The molecule has 2 aliphatic rings. The fraction of sp³-hybridized carbons (Fsp3) is 0.475. The zero-order valence-electron chi connectivity index (χ0n) is 47.9. The third-order valence-electron chi connectivity index (χ3n) is 14.3. The maximum atomic E-state index is 14.0. The SMILES string of the molecule is C=N/C(=C\C=C(/C)c1cc(C(=O)NCc2c(C)cc(C)[nH]c2=O)c2cnn(C(C)C)c2c1)N1CCN(C(=O)COCCOCCOCC(=O)N[C@H](C(=O)N2C[C@H](O)C[C@H]2C(=O)NCc2ccc(-c3scnc3C)cc2)C(C)(C)C)CC1. The number of aromatic nitrogens is 4. The first kappa shape index (κ1) is 61.3. The average molecular weight is 1130 g/mol. The monoisotopic (exact) mass is 1130 g/mol. The Labute approximate surface area is 476 Å². The van der Waals surface area contributed by atoms with Crippen molar-refractivity contribution in [3.05, 3.63) is 122 Å². The summed E-state index contributed by atoms with van der Waals surface area (Å²) in [7, 11) is 0. The standard InChI is InChI=1S/C59H77N11O10S/c1-36(2)70-48-27-43(26-45(47(48)31-64-70)55(74)62-30-46-38(4)25-39(5)65-56(46)75)37(3)11-16-50(60-10)67-17-19-68(20-18-67)52(73)34-80-24-22-78-21-23-79-33-51(72)66-54(59(7,8)9)58(77)69-32-44(71)28-49(69)57(76)61-29-41-12-14-42(15-13-41)53-40(6)63-35-81-53/h11-16,25-27,31,35-36,44,49,54,71H,10,17-24,28-30,32-34H2,1-9H3,(H,61,76)(H,62,74)(H,65,75)(H,66,72)/b37-11+,50-16+/t44-,49+,54-/m1/s1. The molecule has 0 saturated carbocycles. The third-order valence-corrected chi connectivity index (χ3v) is 15.3. The van der Waals surface area contributed by atoms with E-state index in [1.165, 1.54) is 4.90 Å². The van der Waals surface area contributed by atoms with E-state index in [-0.39, 0.29) is 89.1 Å². The van der Waals surface area contributed by atoms with Crippen molar-refractivity contribution in [2.24, 2.45) is 10.4 Å². The van der Waals surface area contributed by atoms with E-state index >= 15 is 0 Å². The van der Waals surface area contributed by atoms with E-state index in [0.717, 1.165) is 49.6 Å². The Hall–Kier alpha value is -7.37. The van der Waals surface area contributed by atoms with Crippen molar-refractivity contribution in [2.45, 2.75) is 106 Å². The number of allylic oxidation sites excluding steroid dienone is 3. The molecule has 0 aliphatic carbocycles. The lowest BCUT2D eigenvalue weighted by molar-refractivity contribution is -0.144. The van der Waals surface area contributed by atoms with Crippen LogP contribution in [0.25, 0.3) is 26.9 Å². The molecule has 5 N–H and O–H groups in total. The molecule has 2 aliphatic heterocycles. The smallest absolute Gasteiger partial charge is 0.253 e. The van der Waals surface area contributed by atoms with Crippen molar-refractivity contribution >= 4 is 64.1 Å². The van der Waals surface area contributed by atoms with Crippen molar-refractivity contribution in [1.29, 1.82) is 0 Å². The van der Waals surface area contributed by atoms with Gasteiger partial charge in [-0.05, 0) is 106 Å². The van der Waals surface area contributed by atoms with Gasteiger partial charge in [-0.2, -0.15) is 5.10 Å². The number of β-amino-alcohol motifs (C(OH)–C–C–N with tert-alkyl or cyclic N) is 1. The summed E-state index contributed by atoms with van der Waals surface area (Å²) in [5, 5.41) is 24.5. The summed E-state index contributed by atoms with van der Waals surface area (Å²) in [6, 6.07) is 11.7. The van der Waals surface area contributed by atoms with Crippen LogP contribution in [0.1, 0.15) is 98.0 Å². The number of aliphatic hydroxyl groups is 1. The number of aliphatic imine (C=N–C) groups is 1. The number of aryl methyl sites for hydroxylation is 3. The van der Waals surface area contributed by atoms with Crippen LogP contribution < -0.4 is 21.5 Å². The number of H-pyrrole nitrogens is 1. The Morgan fingerprint density at radius 1 is 0.914 bits per heavy atom. The number of hydrogen-bond donors (Lipinski definition) is 5. The molecule has 0 radical (unpaired) electrons. The summed E-state index contributed by atoms with van der Waals surface area (Å²) in [5.74, 6) is -1.22. The zero-order valence-corrected chi connectivity index (χ0v) is 48.7. The first-order valence-electron chi connectivity index (χ1n) is 27.3. The molecule has 5 amide bonds. The number of hydrogen-bond acceptors (Lipinski definition) is 15. The number of aromatic amines is 1. The number of amides is 5. The van der Waals surface area contributed by atoms with Gasteiger partial charge in [-0.15, -0.1) is 11.3 Å². The van der Waals surface area contributed by atoms with E-state index in [1.807, 2.05) is 122 Å². The van der Waals surface area contributed by atoms with Crippen LogP contribution in [0, 0.1) is 26.2 Å². The highest BCUT2D eigenvalue weighted by Crippen LogP contribution is 2.30. The van der Waals surface area contributed by atoms with Gasteiger partial charge in [-0.1, -0.05) is 51.1 Å². The van der Waals surface area contributed by atoms with Crippen LogP contribution in [-0.2, 0) is 46.5 Å². The normalized spacial score (nSPS) is 16.5. The second-order valence-electron chi connectivity index (χ2n) is 21.8. The summed E-state index contributed by atoms with van der Waals surface area (Å²) in [6.45, 7) is 23.3. The van der Waals surface area contributed by atoms with E-state index in [9.17, 15) is 33.9 Å². The van der Waals surface area contributed by atoms with Crippen molar-refractivity contribution in [3.8, 4) is 10.4 Å². The highest BCUT2D eigenvalue weighted by molar-refractivity contribution is 7.13. The van der Waals surface area contributed by atoms with Gasteiger partial charge in [0.2, 0.25) is 23.6 Å². The van der Waals surface area contributed by atoms with Crippen LogP contribution in [0.3, 0.4) is 0 Å². The Balaban J connectivity index is 0.801. The van der Waals surface area contributed by atoms with Gasteiger partial charge in [0.15, 0.2) is 0 Å². The van der Waals surface area contributed by atoms with Crippen molar-refractivity contribution in [1.82, 2.24) is 50.4 Å². The van der Waals surface area contributed by atoms with Crippen molar-refractivity contribution in [2.75, 3.05) is 72.4 Å². The Morgan fingerprint density at radius 3 is 2.23 bits per heavy atom. The molecule has 434 valence electrons. The maximum Gasteiger partial charge on any atom is 0.253 e. The lowest BCUT2D eigenvalue weighted by Gasteiger charge is -2.35. The predicted octanol–water partition coefficient (Wildman–Crippen LogP) is 5.23. The number of nitrogens with zero attached hydrogens (tertiary/aromatic N) is 7. The van der Waals surface area contributed by atoms with E-state index in [2.05, 4.69) is 47.6 Å². The van der Waals surface area contributed by atoms with Gasteiger partial charge in [-0.3, -0.25) is 33.4 Å². The molecule has 5 heterocycles. The molecule has 81 heavy (non-hydrogen) atoms. The van der Waals surface area contributed by atoms with Gasteiger partial charge in [0, 0.05) is 74.9 Å². The molecule has 3 atom stereocenters. The fourth-order valence-corrected chi connectivity index (χ4v) is 10.6. The molecule has 2 saturated heterocycles. The second-order valence-corrected chi connectivity index (χ2v) is 22.7. The molecular formula is C59H77N11O10S. The van der Waals surface area contributed by atoms with Crippen LogP contribution in [0.4, 0.5) is 0 Å². The van der Waals surface area contributed by atoms with Gasteiger partial charge in [0.1, 0.15) is 31.1 Å². The first-order chi connectivity index (χ1) is 38.6. The molecular weight excluding hydrogens is 1050 g/mol. The van der Waals surface area contributed by atoms with Crippen LogP contribution >= 0.6 is 11.3 Å². The number of fused-ring (bicyclic) bond motifs is 1. The summed E-state index contributed by atoms with van der Waals surface area (Å²) < 4.78 is 18.7. The van der Waals surface area contributed by atoms with Crippen LogP contribution in [0.5, 0.6) is 0 Å². The Kier molecular flexibility index (Phi) is 21.1. The molecule has 2 fully saturated rings.